The lowest BCUT2D eigenvalue weighted by molar-refractivity contribution is -0.385. The largest absolute Gasteiger partial charge is 0.507 e. The first-order chi connectivity index (χ1) is 17.2. The van der Waals surface area contributed by atoms with Gasteiger partial charge in [-0.15, -0.1) is 0 Å². The second kappa shape index (κ2) is 8.21. The number of hydrogen-bond acceptors (Lipinski definition) is 6. The van der Waals surface area contributed by atoms with Crippen molar-refractivity contribution in [1.82, 2.24) is 0 Å². The van der Waals surface area contributed by atoms with Gasteiger partial charge < -0.3 is 10.2 Å². The molecule has 0 saturated heterocycles. The predicted molar refractivity (Wildman–Crippen MR) is 139 cm³/mol. The fraction of sp³-hybridized carbons (Fsp3) is 0. The lowest BCUT2D eigenvalue weighted by Crippen LogP contribution is -2.09. The Kier molecular flexibility index (Phi) is 5.14. The van der Waals surface area contributed by atoms with Crippen LogP contribution in [0.3, 0.4) is 0 Å². The van der Waals surface area contributed by atoms with E-state index in [2.05, 4.69) is 13.2 Å². The Bertz CT molecular complexity index is 1730. The maximum absolute atomic E-state index is 11.6. The molecule has 0 bridgehead atoms. The van der Waals surface area contributed by atoms with Gasteiger partial charge in [-0.1, -0.05) is 61.7 Å². The molecular weight excluding hydrogens is 460 g/mol. The molecule has 5 rings (SSSR count). The van der Waals surface area contributed by atoms with E-state index in [-0.39, 0.29) is 33.6 Å². The number of nitro groups is 2. The number of aromatic hydroxyl groups is 2. The first kappa shape index (κ1) is 22.5. The molecule has 0 saturated carbocycles. The Hall–Kier alpha value is -5.24. The van der Waals surface area contributed by atoms with Crippen LogP contribution in [0.25, 0.3) is 57.0 Å². The minimum absolute atomic E-state index is 0.134. The molecule has 5 aromatic rings. The molecule has 2 N–H and O–H groups in total. The van der Waals surface area contributed by atoms with Crippen molar-refractivity contribution in [1.29, 1.82) is 0 Å². The fourth-order valence-electron chi connectivity index (χ4n) is 4.63. The number of phenols is 2. The van der Waals surface area contributed by atoms with E-state index in [1.807, 2.05) is 0 Å². The topological polar surface area (TPSA) is 127 Å². The minimum Gasteiger partial charge on any atom is -0.507 e. The minimum atomic E-state index is -0.515. The van der Waals surface area contributed by atoms with Crippen LogP contribution >= 0.6 is 0 Å². The van der Waals surface area contributed by atoms with Gasteiger partial charge in [-0.2, -0.15) is 0 Å². The predicted octanol–water partition coefficient (Wildman–Crippen LogP) is 5.38. The molecule has 0 atom stereocenters. The maximum atomic E-state index is 11.6. The lowest BCUT2D eigenvalue weighted by atomic mass is 9.88. The molecule has 5 aromatic carbocycles. The van der Waals surface area contributed by atoms with E-state index < -0.39 is 9.85 Å². The van der Waals surface area contributed by atoms with Crippen molar-refractivity contribution in [2.45, 2.75) is 0 Å². The van der Waals surface area contributed by atoms with Gasteiger partial charge in [-0.25, -0.2) is 0 Å². The fourth-order valence-corrected chi connectivity index (χ4v) is 4.63. The second-order valence-corrected chi connectivity index (χ2v) is 8.36. The van der Waals surface area contributed by atoms with E-state index in [0.717, 1.165) is 0 Å². The van der Waals surface area contributed by atoms with Crippen LogP contribution in [-0.4, -0.2) is 20.1 Å². The highest BCUT2D eigenvalue weighted by Crippen LogP contribution is 2.48. The molecule has 0 spiro atoms. The van der Waals surface area contributed by atoms with Crippen molar-refractivity contribution >= 4 is 46.1 Å². The maximum Gasteiger partial charge on any atom is 0.270 e. The Morgan fingerprint density at radius 1 is 0.583 bits per heavy atom. The van der Waals surface area contributed by atoms with Crippen molar-refractivity contribution in [3.63, 3.8) is 0 Å². The molecule has 0 heterocycles. The van der Waals surface area contributed by atoms with Crippen LogP contribution in [0.1, 0.15) is 0 Å². The molecule has 8 nitrogen and oxygen atoms in total. The smallest absolute Gasteiger partial charge is 0.270 e. The van der Waals surface area contributed by atoms with Crippen LogP contribution in [0.4, 0.5) is 11.4 Å². The third-order valence-corrected chi connectivity index (χ3v) is 6.27. The second-order valence-electron chi connectivity index (χ2n) is 8.36. The third kappa shape index (κ3) is 3.40. The molecule has 0 amide bonds. The Balaban J connectivity index is 2.00. The number of benzene rings is 5. The van der Waals surface area contributed by atoms with Gasteiger partial charge in [0.05, 0.1) is 9.85 Å². The summed E-state index contributed by atoms with van der Waals surface area (Å²) in [7, 11) is 0. The molecule has 0 aliphatic rings. The standard InChI is InChI=1S/C28H18N2O6/c1-15-9-10-16(2)24-23(15)27(31)25-21(17-5-3-7-19(13-17)29(33)34)11-12-22(26(25)28(24)32)18-6-4-8-20(14-18)30(35)36/h3-14,31-32H,1-2H2. The molecule has 0 aliphatic heterocycles. The summed E-state index contributed by atoms with van der Waals surface area (Å²) < 4.78 is 0. The molecule has 36 heavy (non-hydrogen) atoms. The summed E-state index contributed by atoms with van der Waals surface area (Å²) in [6.45, 7) is 7.97. The first-order valence-corrected chi connectivity index (χ1v) is 10.8. The molecule has 0 unspecified atom stereocenters. The number of nitro benzene ring substituents is 2. The molecule has 0 radical (unpaired) electrons. The van der Waals surface area contributed by atoms with E-state index in [9.17, 15) is 30.4 Å². The van der Waals surface area contributed by atoms with E-state index in [1.54, 1.807) is 36.4 Å². The van der Waals surface area contributed by atoms with Crippen molar-refractivity contribution in [2.24, 2.45) is 0 Å². The summed E-state index contributed by atoms with van der Waals surface area (Å²) in [6.07, 6.45) is 0. The summed E-state index contributed by atoms with van der Waals surface area (Å²) >= 11 is 0. The van der Waals surface area contributed by atoms with Crippen LogP contribution in [0.2, 0.25) is 0 Å². The molecule has 176 valence electrons. The molecule has 8 heteroatoms. The van der Waals surface area contributed by atoms with Crippen molar-refractivity contribution in [3.05, 3.63) is 103 Å². The molecule has 0 aromatic heterocycles. The van der Waals surface area contributed by atoms with Gasteiger partial charge in [0.1, 0.15) is 11.5 Å². The van der Waals surface area contributed by atoms with E-state index in [4.69, 9.17) is 0 Å². The van der Waals surface area contributed by atoms with E-state index in [1.165, 1.54) is 36.4 Å². The summed E-state index contributed by atoms with van der Waals surface area (Å²) in [5.41, 5.74) is 1.50. The highest BCUT2D eigenvalue weighted by atomic mass is 16.6. The Morgan fingerprint density at radius 2 is 0.972 bits per heavy atom. The highest BCUT2D eigenvalue weighted by molar-refractivity contribution is 6.19. The summed E-state index contributed by atoms with van der Waals surface area (Å²) in [5.74, 6) is -0.357. The van der Waals surface area contributed by atoms with E-state index >= 15 is 0 Å². The van der Waals surface area contributed by atoms with Gasteiger partial charge in [-0.05, 0) is 32.7 Å². The van der Waals surface area contributed by atoms with Crippen molar-refractivity contribution in [2.75, 3.05) is 0 Å². The van der Waals surface area contributed by atoms with Crippen LogP contribution in [0.5, 0.6) is 11.5 Å². The molecular formula is C28H18N2O6. The third-order valence-electron chi connectivity index (χ3n) is 6.27. The van der Waals surface area contributed by atoms with Gasteiger partial charge in [0.15, 0.2) is 0 Å². The lowest BCUT2D eigenvalue weighted by Gasteiger charge is -2.18. The Labute approximate surface area is 203 Å². The van der Waals surface area contributed by atoms with Gasteiger partial charge in [0.2, 0.25) is 0 Å². The monoisotopic (exact) mass is 478 g/mol. The summed E-state index contributed by atoms with van der Waals surface area (Å²) in [6, 6.07) is 18.6. The zero-order chi connectivity index (χ0) is 25.7. The van der Waals surface area contributed by atoms with Crippen molar-refractivity contribution < 1.29 is 20.1 Å². The average Bonchev–Trinajstić information content (AvgIpc) is 2.87. The van der Waals surface area contributed by atoms with Crippen LogP contribution in [-0.2, 0) is 0 Å². The van der Waals surface area contributed by atoms with Gasteiger partial charge in [0.25, 0.3) is 11.4 Å². The molecule has 0 aliphatic carbocycles. The number of rotatable bonds is 4. The first-order valence-electron chi connectivity index (χ1n) is 10.8. The van der Waals surface area contributed by atoms with Gasteiger partial charge >= 0.3 is 0 Å². The number of phenolic OH excluding ortho intramolecular Hbond substituents is 2. The van der Waals surface area contributed by atoms with Crippen LogP contribution in [0, 0.1) is 20.2 Å². The SMILES string of the molecule is C=c1ccc(=C)c2c(O)c3c(-c4cccc([N+](=O)[O-])c4)ccc(-c4cccc([N+](=O)[O-])c4)c3c(O)c12. The number of hydrogen-bond donors (Lipinski definition) is 2. The molecule has 0 fully saturated rings. The quantitative estimate of drug-likeness (QED) is 0.155. The van der Waals surface area contributed by atoms with Crippen LogP contribution in [0.15, 0.2) is 72.8 Å². The number of non-ortho nitro benzene ring substituents is 2. The van der Waals surface area contributed by atoms with E-state index in [0.29, 0.717) is 43.5 Å². The van der Waals surface area contributed by atoms with Gasteiger partial charge in [0, 0.05) is 45.8 Å². The van der Waals surface area contributed by atoms with Crippen LogP contribution < -0.4 is 10.4 Å². The summed E-state index contributed by atoms with van der Waals surface area (Å²) in [4.78, 5) is 21.8. The summed E-state index contributed by atoms with van der Waals surface area (Å²) in [5, 5.41) is 47.9. The number of nitrogens with zero attached hydrogens (tertiary/aromatic N) is 2. The highest BCUT2D eigenvalue weighted by Gasteiger charge is 2.22. The average molecular weight is 478 g/mol. The van der Waals surface area contributed by atoms with Gasteiger partial charge in [-0.3, -0.25) is 20.2 Å². The number of fused-ring (bicyclic) bond motifs is 2. The zero-order valence-electron chi connectivity index (χ0n) is 18.8. The zero-order valence-corrected chi connectivity index (χ0v) is 18.8. The van der Waals surface area contributed by atoms with Crippen molar-refractivity contribution in [3.8, 4) is 33.8 Å². The Morgan fingerprint density at radius 3 is 1.33 bits per heavy atom. The normalized spacial score (nSPS) is 11.1.